The van der Waals surface area contributed by atoms with Gasteiger partial charge in [0.05, 0.1) is 18.2 Å². The maximum atomic E-state index is 12.2. The molecule has 21 heavy (non-hydrogen) atoms. The molecule has 0 amide bonds. The van der Waals surface area contributed by atoms with E-state index in [1.807, 2.05) is 0 Å². The zero-order valence-electron chi connectivity index (χ0n) is 12.9. The van der Waals surface area contributed by atoms with Crippen LogP contribution in [0.3, 0.4) is 0 Å². The van der Waals surface area contributed by atoms with Crippen LogP contribution in [0.5, 0.6) is 0 Å². The van der Waals surface area contributed by atoms with E-state index in [1.165, 1.54) is 0 Å². The number of nitriles is 1. The average Bonchev–Trinajstić information content (AvgIpc) is 2.49. The first kappa shape index (κ1) is 15.7. The van der Waals surface area contributed by atoms with Crippen LogP contribution < -0.4 is 0 Å². The lowest BCUT2D eigenvalue weighted by Gasteiger charge is -2.35. The summed E-state index contributed by atoms with van der Waals surface area (Å²) in [4.78, 5) is 16.9. The maximum Gasteiger partial charge on any atom is 0.176 e. The molecule has 0 aliphatic carbocycles. The van der Waals surface area contributed by atoms with Gasteiger partial charge in [0, 0.05) is 38.3 Å². The molecular formula is C17H23N3O. The monoisotopic (exact) mass is 285 g/mol. The van der Waals surface area contributed by atoms with Gasteiger partial charge in [-0.1, -0.05) is 26.0 Å². The SMILES string of the molecule is CC(C)CN1CCN(CC(=O)c2ccc(C#N)cc2)CC1. The Labute approximate surface area is 127 Å². The van der Waals surface area contributed by atoms with E-state index in [1.54, 1.807) is 24.3 Å². The van der Waals surface area contributed by atoms with Crippen LogP contribution in [-0.2, 0) is 0 Å². The zero-order valence-corrected chi connectivity index (χ0v) is 12.9. The number of carbonyl (C=O) groups excluding carboxylic acids is 1. The molecule has 1 fully saturated rings. The number of rotatable bonds is 5. The molecule has 4 heteroatoms. The van der Waals surface area contributed by atoms with E-state index in [0.717, 1.165) is 32.7 Å². The van der Waals surface area contributed by atoms with E-state index < -0.39 is 0 Å². The Morgan fingerprint density at radius 1 is 1.14 bits per heavy atom. The highest BCUT2D eigenvalue weighted by molar-refractivity contribution is 5.97. The Bertz CT molecular complexity index is 508. The van der Waals surface area contributed by atoms with Gasteiger partial charge in [-0.3, -0.25) is 9.69 Å². The van der Waals surface area contributed by atoms with Gasteiger partial charge in [-0.2, -0.15) is 5.26 Å². The van der Waals surface area contributed by atoms with Gasteiger partial charge in [0.25, 0.3) is 0 Å². The van der Waals surface area contributed by atoms with Crippen LogP contribution in [0.15, 0.2) is 24.3 Å². The molecule has 112 valence electrons. The highest BCUT2D eigenvalue weighted by Crippen LogP contribution is 2.08. The number of piperazine rings is 1. The van der Waals surface area contributed by atoms with Gasteiger partial charge in [-0.15, -0.1) is 0 Å². The quantitative estimate of drug-likeness (QED) is 0.777. The van der Waals surface area contributed by atoms with Crippen molar-refractivity contribution in [1.82, 2.24) is 9.80 Å². The smallest absolute Gasteiger partial charge is 0.176 e. The molecule has 0 radical (unpaired) electrons. The van der Waals surface area contributed by atoms with Gasteiger partial charge in [0.15, 0.2) is 5.78 Å². The van der Waals surface area contributed by atoms with Crippen molar-refractivity contribution in [2.45, 2.75) is 13.8 Å². The van der Waals surface area contributed by atoms with Crippen LogP contribution in [0, 0.1) is 17.2 Å². The van der Waals surface area contributed by atoms with Gasteiger partial charge < -0.3 is 4.90 Å². The van der Waals surface area contributed by atoms with E-state index in [0.29, 0.717) is 23.6 Å². The summed E-state index contributed by atoms with van der Waals surface area (Å²) in [6.45, 7) is 10.1. The summed E-state index contributed by atoms with van der Waals surface area (Å²) in [5.74, 6) is 0.827. The Balaban J connectivity index is 1.82. The molecule has 1 aromatic rings. The van der Waals surface area contributed by atoms with Crippen LogP contribution in [0.1, 0.15) is 29.8 Å². The second-order valence-corrected chi connectivity index (χ2v) is 6.08. The predicted octanol–water partition coefficient (Wildman–Crippen LogP) is 2.01. The van der Waals surface area contributed by atoms with Crippen LogP contribution in [0.2, 0.25) is 0 Å². The van der Waals surface area contributed by atoms with Crippen LogP contribution in [-0.4, -0.2) is 54.9 Å². The largest absolute Gasteiger partial charge is 0.301 e. The number of Topliss-reactive ketones (excluding diaryl/α,β-unsaturated/α-hetero) is 1. The fraction of sp³-hybridized carbons (Fsp3) is 0.529. The Morgan fingerprint density at radius 3 is 2.24 bits per heavy atom. The van der Waals surface area contributed by atoms with Gasteiger partial charge in [-0.25, -0.2) is 0 Å². The van der Waals surface area contributed by atoms with Crippen molar-refractivity contribution in [2.24, 2.45) is 5.92 Å². The summed E-state index contributed by atoms with van der Waals surface area (Å²) in [5, 5.41) is 8.77. The van der Waals surface area contributed by atoms with E-state index in [9.17, 15) is 4.79 Å². The summed E-state index contributed by atoms with van der Waals surface area (Å²) in [5.41, 5.74) is 1.28. The molecule has 0 N–H and O–H groups in total. The molecule has 1 heterocycles. The van der Waals surface area contributed by atoms with E-state index in [-0.39, 0.29) is 5.78 Å². The lowest BCUT2D eigenvalue weighted by molar-refractivity contribution is 0.0837. The number of hydrogen-bond acceptors (Lipinski definition) is 4. The molecule has 0 saturated carbocycles. The summed E-state index contributed by atoms with van der Waals surface area (Å²) < 4.78 is 0. The van der Waals surface area contributed by atoms with Crippen LogP contribution >= 0.6 is 0 Å². The van der Waals surface area contributed by atoms with Crippen molar-refractivity contribution in [2.75, 3.05) is 39.3 Å². The normalized spacial score (nSPS) is 16.9. The highest BCUT2D eigenvalue weighted by atomic mass is 16.1. The van der Waals surface area contributed by atoms with Gasteiger partial charge in [0.1, 0.15) is 0 Å². The summed E-state index contributed by atoms with van der Waals surface area (Å²) in [7, 11) is 0. The molecule has 1 aromatic carbocycles. The third-order valence-electron chi connectivity index (χ3n) is 3.79. The van der Waals surface area contributed by atoms with Crippen LogP contribution in [0.25, 0.3) is 0 Å². The number of hydrogen-bond donors (Lipinski definition) is 0. The highest BCUT2D eigenvalue weighted by Gasteiger charge is 2.19. The number of benzene rings is 1. The minimum atomic E-state index is 0.136. The number of nitrogens with zero attached hydrogens (tertiary/aromatic N) is 3. The molecule has 0 bridgehead atoms. The third-order valence-corrected chi connectivity index (χ3v) is 3.79. The fourth-order valence-electron chi connectivity index (χ4n) is 2.67. The summed E-state index contributed by atoms with van der Waals surface area (Å²) in [6.07, 6.45) is 0. The summed E-state index contributed by atoms with van der Waals surface area (Å²) in [6, 6.07) is 8.96. The van der Waals surface area contributed by atoms with Crippen molar-refractivity contribution in [3.8, 4) is 6.07 Å². The first-order chi connectivity index (χ1) is 10.1. The van der Waals surface area contributed by atoms with Gasteiger partial charge in [0.2, 0.25) is 0 Å². The minimum absolute atomic E-state index is 0.136. The molecule has 0 unspecified atom stereocenters. The van der Waals surface area contributed by atoms with Gasteiger partial charge >= 0.3 is 0 Å². The Kier molecular flexibility index (Phi) is 5.49. The first-order valence-electron chi connectivity index (χ1n) is 7.56. The first-order valence-corrected chi connectivity index (χ1v) is 7.56. The van der Waals surface area contributed by atoms with Crippen molar-refractivity contribution in [3.05, 3.63) is 35.4 Å². The topological polar surface area (TPSA) is 47.3 Å². The molecular weight excluding hydrogens is 262 g/mol. The molecule has 1 aliphatic heterocycles. The van der Waals surface area contributed by atoms with Gasteiger partial charge in [-0.05, 0) is 18.1 Å². The molecule has 2 rings (SSSR count). The van der Waals surface area contributed by atoms with E-state index >= 15 is 0 Å². The van der Waals surface area contributed by atoms with Crippen molar-refractivity contribution < 1.29 is 4.79 Å². The average molecular weight is 285 g/mol. The minimum Gasteiger partial charge on any atom is -0.301 e. The van der Waals surface area contributed by atoms with E-state index in [2.05, 4.69) is 29.7 Å². The number of carbonyl (C=O) groups is 1. The molecule has 0 atom stereocenters. The third kappa shape index (κ3) is 4.66. The lowest BCUT2D eigenvalue weighted by atomic mass is 10.1. The van der Waals surface area contributed by atoms with E-state index in [4.69, 9.17) is 5.26 Å². The second kappa shape index (κ2) is 7.35. The molecule has 1 aliphatic rings. The standard InChI is InChI=1S/C17H23N3O/c1-14(2)12-19-7-9-20(10-8-19)13-17(21)16-5-3-15(11-18)4-6-16/h3-6,14H,7-10,12-13H2,1-2H3. The van der Waals surface area contributed by atoms with Crippen molar-refractivity contribution in [1.29, 1.82) is 5.26 Å². The lowest BCUT2D eigenvalue weighted by Crippen LogP contribution is -2.48. The Hall–Kier alpha value is -1.70. The Morgan fingerprint density at radius 2 is 1.71 bits per heavy atom. The zero-order chi connectivity index (χ0) is 15.2. The molecule has 0 aromatic heterocycles. The predicted molar refractivity (Wildman–Crippen MR) is 83.2 cm³/mol. The molecule has 4 nitrogen and oxygen atoms in total. The molecule has 1 saturated heterocycles. The summed E-state index contributed by atoms with van der Waals surface area (Å²) >= 11 is 0. The number of ketones is 1. The fourth-order valence-corrected chi connectivity index (χ4v) is 2.67. The maximum absolute atomic E-state index is 12.2. The van der Waals surface area contributed by atoms with Crippen molar-refractivity contribution in [3.63, 3.8) is 0 Å². The second-order valence-electron chi connectivity index (χ2n) is 6.08. The molecule has 0 spiro atoms. The van der Waals surface area contributed by atoms with Crippen molar-refractivity contribution >= 4 is 5.78 Å². The van der Waals surface area contributed by atoms with Crippen LogP contribution in [0.4, 0.5) is 0 Å².